The van der Waals surface area contributed by atoms with Gasteiger partial charge in [0, 0.05) is 18.5 Å². The minimum atomic E-state index is -0.568. The minimum absolute atomic E-state index is 0.0292. The van der Waals surface area contributed by atoms with Gasteiger partial charge in [0.1, 0.15) is 23.1 Å². The Bertz CT molecular complexity index is 1340. The molecule has 1 amide bonds. The van der Waals surface area contributed by atoms with E-state index in [1.54, 1.807) is 37.3 Å². The van der Waals surface area contributed by atoms with Gasteiger partial charge in [0.2, 0.25) is 0 Å². The largest absolute Gasteiger partial charge is 0.319 e. The fourth-order valence-electron chi connectivity index (χ4n) is 4.15. The van der Waals surface area contributed by atoms with Crippen molar-refractivity contribution in [2.45, 2.75) is 39.2 Å². The molecule has 2 aromatic carbocycles. The van der Waals surface area contributed by atoms with Crippen LogP contribution >= 0.6 is 0 Å². The number of anilines is 1. The molecule has 1 aliphatic rings. The standard InChI is InChI=1S/C24H22F2N6O/c1-15-17(14-27-32(15)21-8-5-4-7-19(21)26)24(33)28-20-13-16(10-11-18(20)25)23-30-29-22-9-3-2-6-12-31(22)23/h4-5,7-8,10-11,13-14H,2-3,6,9,12H2,1H3,(H,28,33). The molecule has 0 fully saturated rings. The van der Waals surface area contributed by atoms with Crippen LogP contribution in [0, 0.1) is 18.6 Å². The van der Waals surface area contributed by atoms with Gasteiger partial charge in [0.15, 0.2) is 5.82 Å². The summed E-state index contributed by atoms with van der Waals surface area (Å²) in [5, 5.41) is 15.4. The number of hydrogen-bond donors (Lipinski definition) is 1. The average Bonchev–Trinajstić information content (AvgIpc) is 3.31. The van der Waals surface area contributed by atoms with Crippen LogP contribution in [0.4, 0.5) is 14.5 Å². The van der Waals surface area contributed by atoms with Crippen LogP contribution in [0.3, 0.4) is 0 Å². The van der Waals surface area contributed by atoms with Crippen molar-refractivity contribution in [1.29, 1.82) is 0 Å². The summed E-state index contributed by atoms with van der Waals surface area (Å²) >= 11 is 0. The number of carbonyl (C=O) groups is 1. The van der Waals surface area contributed by atoms with Crippen LogP contribution in [0.25, 0.3) is 17.1 Å². The number of aromatic nitrogens is 5. The molecule has 0 atom stereocenters. The SMILES string of the molecule is Cc1c(C(=O)Nc2cc(-c3nnc4n3CCCCC4)ccc2F)cnn1-c1ccccc1F. The molecule has 5 rings (SSSR count). The maximum absolute atomic E-state index is 14.6. The third-order valence-electron chi connectivity index (χ3n) is 5.92. The van der Waals surface area contributed by atoms with Crippen molar-refractivity contribution in [2.24, 2.45) is 0 Å². The number of fused-ring (bicyclic) bond motifs is 1. The van der Waals surface area contributed by atoms with Crippen LogP contribution in [0.2, 0.25) is 0 Å². The summed E-state index contributed by atoms with van der Waals surface area (Å²) < 4.78 is 32.2. The molecule has 1 N–H and O–H groups in total. The predicted octanol–water partition coefficient (Wildman–Crippen LogP) is 4.70. The zero-order valence-electron chi connectivity index (χ0n) is 18.1. The zero-order valence-corrected chi connectivity index (χ0v) is 18.1. The third kappa shape index (κ3) is 3.90. The predicted molar refractivity (Wildman–Crippen MR) is 119 cm³/mol. The zero-order chi connectivity index (χ0) is 22.9. The number of nitrogens with zero attached hydrogens (tertiary/aromatic N) is 5. The Labute approximate surface area is 189 Å². The molecule has 3 heterocycles. The van der Waals surface area contributed by atoms with Gasteiger partial charge in [-0.25, -0.2) is 13.5 Å². The highest BCUT2D eigenvalue weighted by Gasteiger charge is 2.20. The molecule has 0 unspecified atom stereocenters. The van der Waals surface area contributed by atoms with Gasteiger partial charge in [-0.05, 0) is 50.1 Å². The number of rotatable bonds is 4. The smallest absolute Gasteiger partial charge is 0.259 e. The topological polar surface area (TPSA) is 77.6 Å². The van der Waals surface area contributed by atoms with Gasteiger partial charge in [0.05, 0.1) is 23.1 Å². The molecule has 4 aromatic rings. The van der Waals surface area contributed by atoms with E-state index < -0.39 is 17.5 Å². The van der Waals surface area contributed by atoms with Crippen LogP contribution < -0.4 is 5.32 Å². The van der Waals surface area contributed by atoms with E-state index in [2.05, 4.69) is 25.2 Å². The van der Waals surface area contributed by atoms with E-state index in [-0.39, 0.29) is 16.9 Å². The quantitative estimate of drug-likeness (QED) is 0.491. The Morgan fingerprint density at radius 3 is 2.73 bits per heavy atom. The van der Waals surface area contributed by atoms with Crippen LogP contribution in [0.5, 0.6) is 0 Å². The summed E-state index contributed by atoms with van der Waals surface area (Å²) in [6.07, 6.45) is 5.45. The number of halogens is 2. The van der Waals surface area contributed by atoms with Gasteiger partial charge in [-0.2, -0.15) is 5.10 Å². The maximum Gasteiger partial charge on any atom is 0.259 e. The van der Waals surface area contributed by atoms with E-state index in [1.807, 2.05) is 0 Å². The Morgan fingerprint density at radius 1 is 1.03 bits per heavy atom. The summed E-state index contributed by atoms with van der Waals surface area (Å²) in [5.74, 6) is 0.0226. The first kappa shape index (κ1) is 21.0. The lowest BCUT2D eigenvalue weighted by molar-refractivity contribution is 0.102. The normalized spacial score (nSPS) is 13.4. The van der Waals surface area contributed by atoms with Gasteiger partial charge >= 0.3 is 0 Å². The van der Waals surface area contributed by atoms with Gasteiger partial charge < -0.3 is 9.88 Å². The number of amides is 1. The van der Waals surface area contributed by atoms with Crippen LogP contribution in [0.1, 0.15) is 41.1 Å². The van der Waals surface area contributed by atoms with E-state index >= 15 is 0 Å². The highest BCUT2D eigenvalue weighted by Crippen LogP contribution is 2.27. The molecule has 7 nitrogen and oxygen atoms in total. The lowest BCUT2D eigenvalue weighted by Crippen LogP contribution is -2.14. The molecule has 9 heteroatoms. The Hall–Kier alpha value is -3.88. The number of para-hydroxylation sites is 1. The van der Waals surface area contributed by atoms with Crippen molar-refractivity contribution in [3.8, 4) is 17.1 Å². The summed E-state index contributed by atoms with van der Waals surface area (Å²) in [5.41, 5.74) is 1.60. The molecular formula is C24H22F2N6O. The van der Waals surface area contributed by atoms with E-state index in [0.29, 0.717) is 17.1 Å². The van der Waals surface area contributed by atoms with Crippen LogP contribution in [-0.2, 0) is 13.0 Å². The molecule has 0 aliphatic carbocycles. The van der Waals surface area contributed by atoms with Gasteiger partial charge in [-0.15, -0.1) is 10.2 Å². The van der Waals surface area contributed by atoms with E-state index in [1.165, 1.54) is 23.0 Å². The van der Waals surface area contributed by atoms with Gasteiger partial charge in [0.25, 0.3) is 5.91 Å². The molecule has 168 valence electrons. The van der Waals surface area contributed by atoms with Crippen LogP contribution in [-0.4, -0.2) is 30.5 Å². The van der Waals surface area contributed by atoms with Crippen molar-refractivity contribution < 1.29 is 13.6 Å². The number of aryl methyl sites for hydroxylation is 1. The van der Waals surface area contributed by atoms with E-state index in [9.17, 15) is 13.6 Å². The number of nitrogens with one attached hydrogen (secondary N) is 1. The first-order valence-corrected chi connectivity index (χ1v) is 10.9. The second-order valence-electron chi connectivity index (χ2n) is 8.06. The van der Waals surface area contributed by atoms with Crippen LogP contribution in [0.15, 0.2) is 48.7 Å². The maximum atomic E-state index is 14.6. The molecule has 0 saturated carbocycles. The summed E-state index contributed by atoms with van der Waals surface area (Å²) in [4.78, 5) is 12.9. The van der Waals surface area contributed by atoms with Crippen molar-refractivity contribution in [3.63, 3.8) is 0 Å². The molecule has 0 spiro atoms. The first-order valence-electron chi connectivity index (χ1n) is 10.9. The Kier molecular flexibility index (Phi) is 5.45. The monoisotopic (exact) mass is 448 g/mol. The molecular weight excluding hydrogens is 426 g/mol. The fraction of sp³-hybridized carbons (Fsp3) is 0.250. The lowest BCUT2D eigenvalue weighted by Gasteiger charge is -2.11. The average molecular weight is 448 g/mol. The van der Waals surface area contributed by atoms with Crippen molar-refractivity contribution in [1.82, 2.24) is 24.5 Å². The molecule has 2 aromatic heterocycles. The number of benzene rings is 2. The highest BCUT2D eigenvalue weighted by molar-refractivity contribution is 6.05. The number of hydrogen-bond acceptors (Lipinski definition) is 4. The van der Waals surface area contributed by atoms with E-state index in [0.717, 1.165) is 38.1 Å². The fourth-order valence-corrected chi connectivity index (χ4v) is 4.15. The molecule has 33 heavy (non-hydrogen) atoms. The molecule has 0 radical (unpaired) electrons. The van der Waals surface area contributed by atoms with Gasteiger partial charge in [-0.3, -0.25) is 4.79 Å². The lowest BCUT2D eigenvalue weighted by atomic mass is 10.1. The second kappa shape index (κ2) is 8.57. The highest BCUT2D eigenvalue weighted by atomic mass is 19.1. The number of carbonyl (C=O) groups excluding carboxylic acids is 1. The molecule has 1 aliphatic heterocycles. The molecule has 0 saturated heterocycles. The van der Waals surface area contributed by atoms with Crippen molar-refractivity contribution >= 4 is 11.6 Å². The second-order valence-corrected chi connectivity index (χ2v) is 8.06. The molecule has 0 bridgehead atoms. The third-order valence-corrected chi connectivity index (χ3v) is 5.92. The van der Waals surface area contributed by atoms with Gasteiger partial charge in [-0.1, -0.05) is 18.6 Å². The summed E-state index contributed by atoms with van der Waals surface area (Å²) in [7, 11) is 0. The first-order chi connectivity index (χ1) is 16.0. The Morgan fingerprint density at radius 2 is 1.88 bits per heavy atom. The summed E-state index contributed by atoms with van der Waals surface area (Å²) in [6.45, 7) is 2.47. The van der Waals surface area contributed by atoms with Crippen molar-refractivity contribution in [2.75, 3.05) is 5.32 Å². The van der Waals surface area contributed by atoms with Crippen molar-refractivity contribution in [3.05, 3.63) is 77.4 Å². The summed E-state index contributed by atoms with van der Waals surface area (Å²) in [6, 6.07) is 10.7. The van der Waals surface area contributed by atoms with E-state index in [4.69, 9.17) is 0 Å². The minimum Gasteiger partial charge on any atom is -0.319 e. The Balaban J connectivity index is 1.43.